The molecule has 1 aromatic rings. The summed E-state index contributed by atoms with van der Waals surface area (Å²) in [5, 5.41) is 12.4. The summed E-state index contributed by atoms with van der Waals surface area (Å²) in [7, 11) is 1.66. The highest BCUT2D eigenvalue weighted by atomic mass is 16.5. The number of rotatable bonds is 5. The fraction of sp³-hybridized carbons (Fsp3) is 0.588. The van der Waals surface area contributed by atoms with Crippen molar-refractivity contribution in [2.24, 2.45) is 0 Å². The smallest absolute Gasteiger partial charge is 0.317 e. The van der Waals surface area contributed by atoms with E-state index in [2.05, 4.69) is 17.4 Å². The van der Waals surface area contributed by atoms with E-state index in [0.29, 0.717) is 6.54 Å². The molecule has 1 saturated heterocycles. The molecule has 5 heteroatoms. The number of nitrogens with zero attached hydrogens (tertiary/aromatic N) is 1. The first-order valence-corrected chi connectivity index (χ1v) is 7.98. The van der Waals surface area contributed by atoms with Gasteiger partial charge in [-0.3, -0.25) is 0 Å². The number of benzene rings is 1. The molecule has 5 nitrogen and oxygen atoms in total. The van der Waals surface area contributed by atoms with Gasteiger partial charge < -0.3 is 20.1 Å². The number of ether oxygens (including phenoxy) is 1. The largest absolute Gasteiger partial charge is 0.497 e. The van der Waals surface area contributed by atoms with Crippen molar-refractivity contribution in [3.8, 4) is 5.75 Å². The molecule has 0 aromatic heterocycles. The van der Waals surface area contributed by atoms with Gasteiger partial charge in [0.25, 0.3) is 0 Å². The third-order valence-corrected chi connectivity index (χ3v) is 4.98. The second kappa shape index (κ2) is 6.16. The van der Waals surface area contributed by atoms with E-state index < -0.39 is 0 Å². The topological polar surface area (TPSA) is 61.8 Å². The van der Waals surface area contributed by atoms with Crippen LogP contribution in [0.1, 0.15) is 31.2 Å². The average Bonchev–Trinajstić information content (AvgIpc) is 3.20. The van der Waals surface area contributed by atoms with Crippen LogP contribution in [-0.2, 0) is 5.41 Å². The van der Waals surface area contributed by atoms with Gasteiger partial charge in [-0.25, -0.2) is 4.79 Å². The van der Waals surface area contributed by atoms with Crippen LogP contribution in [0.2, 0.25) is 0 Å². The lowest BCUT2D eigenvalue weighted by atomic mass is 9.96. The lowest BCUT2D eigenvalue weighted by Gasteiger charge is -2.25. The molecule has 1 heterocycles. The number of likely N-dealkylation sites (tertiary alicyclic amines) is 1. The molecule has 2 aliphatic rings. The predicted molar refractivity (Wildman–Crippen MR) is 84.1 cm³/mol. The molecule has 0 bridgehead atoms. The van der Waals surface area contributed by atoms with E-state index in [0.717, 1.165) is 38.0 Å². The molecule has 120 valence electrons. The second-order valence-corrected chi connectivity index (χ2v) is 6.34. The van der Waals surface area contributed by atoms with Crippen molar-refractivity contribution in [1.29, 1.82) is 0 Å². The first-order valence-electron chi connectivity index (χ1n) is 7.98. The Kier molecular flexibility index (Phi) is 4.25. The number of aliphatic hydroxyl groups is 1. The van der Waals surface area contributed by atoms with Gasteiger partial charge in [0.1, 0.15) is 5.75 Å². The van der Waals surface area contributed by atoms with Gasteiger partial charge in [0.15, 0.2) is 0 Å². The number of urea groups is 1. The molecule has 1 saturated carbocycles. The van der Waals surface area contributed by atoms with E-state index in [4.69, 9.17) is 4.74 Å². The van der Waals surface area contributed by atoms with Crippen LogP contribution in [0.3, 0.4) is 0 Å². The van der Waals surface area contributed by atoms with Crippen molar-refractivity contribution in [3.63, 3.8) is 0 Å². The molecule has 1 aromatic carbocycles. The fourth-order valence-electron chi connectivity index (χ4n) is 3.30. The third kappa shape index (κ3) is 2.90. The monoisotopic (exact) mass is 304 g/mol. The number of amides is 2. The molecule has 0 spiro atoms. The van der Waals surface area contributed by atoms with Crippen LogP contribution in [0.15, 0.2) is 24.3 Å². The molecule has 0 unspecified atom stereocenters. The van der Waals surface area contributed by atoms with Gasteiger partial charge in [-0.05, 0) is 43.4 Å². The Balaban J connectivity index is 1.59. The highest BCUT2D eigenvalue weighted by Crippen LogP contribution is 2.47. The number of carbonyl (C=O) groups excluding carboxylic acids is 1. The molecule has 1 atom stereocenters. The predicted octanol–water partition coefficient (Wildman–Crippen LogP) is 1.89. The summed E-state index contributed by atoms with van der Waals surface area (Å²) in [6.45, 7) is 1.45. The van der Waals surface area contributed by atoms with Crippen molar-refractivity contribution in [2.75, 3.05) is 26.8 Å². The van der Waals surface area contributed by atoms with E-state index in [1.54, 1.807) is 12.0 Å². The summed E-state index contributed by atoms with van der Waals surface area (Å²) in [6.07, 6.45) is 4.07. The summed E-state index contributed by atoms with van der Waals surface area (Å²) in [6, 6.07) is 8.06. The number of methoxy groups -OCH3 is 1. The number of hydrogen-bond donors (Lipinski definition) is 2. The van der Waals surface area contributed by atoms with Crippen molar-refractivity contribution in [2.45, 2.75) is 37.1 Å². The van der Waals surface area contributed by atoms with E-state index >= 15 is 0 Å². The van der Waals surface area contributed by atoms with Crippen LogP contribution in [0.4, 0.5) is 4.79 Å². The van der Waals surface area contributed by atoms with Gasteiger partial charge in [-0.2, -0.15) is 0 Å². The molecular formula is C17H24N2O3. The maximum atomic E-state index is 12.3. The average molecular weight is 304 g/mol. The van der Waals surface area contributed by atoms with Gasteiger partial charge in [-0.15, -0.1) is 0 Å². The summed E-state index contributed by atoms with van der Waals surface area (Å²) in [5.41, 5.74) is 1.34. The summed E-state index contributed by atoms with van der Waals surface area (Å²) in [4.78, 5) is 14.1. The lowest BCUT2D eigenvalue weighted by molar-refractivity contribution is 0.156. The molecule has 2 fully saturated rings. The standard InChI is InChI=1S/C17H24N2O3/c1-22-15-6-4-13(5-7-15)17(8-9-17)12-18-16(21)19-10-2-3-14(19)11-20/h4-7,14,20H,2-3,8-12H2,1H3,(H,18,21)/t14-/m0/s1. The maximum absolute atomic E-state index is 12.3. The first kappa shape index (κ1) is 15.2. The normalized spacial score (nSPS) is 22.5. The van der Waals surface area contributed by atoms with Crippen LogP contribution in [0.25, 0.3) is 0 Å². The Hall–Kier alpha value is -1.75. The zero-order valence-electron chi connectivity index (χ0n) is 13.0. The van der Waals surface area contributed by atoms with Crippen molar-refractivity contribution in [1.82, 2.24) is 10.2 Å². The Bertz CT molecular complexity index is 525. The van der Waals surface area contributed by atoms with Gasteiger partial charge in [0.2, 0.25) is 0 Å². The van der Waals surface area contributed by atoms with E-state index in [1.807, 2.05) is 12.1 Å². The molecule has 1 aliphatic heterocycles. The molecule has 3 rings (SSSR count). The summed E-state index contributed by atoms with van der Waals surface area (Å²) < 4.78 is 5.19. The Morgan fingerprint density at radius 3 is 2.73 bits per heavy atom. The first-order chi connectivity index (χ1) is 10.7. The summed E-state index contributed by atoms with van der Waals surface area (Å²) in [5.74, 6) is 0.853. The van der Waals surface area contributed by atoms with E-state index in [9.17, 15) is 9.90 Å². The number of carbonyl (C=O) groups is 1. The van der Waals surface area contributed by atoms with Crippen LogP contribution >= 0.6 is 0 Å². The zero-order valence-corrected chi connectivity index (χ0v) is 13.0. The lowest BCUT2D eigenvalue weighted by Crippen LogP contribution is -2.46. The Morgan fingerprint density at radius 1 is 1.41 bits per heavy atom. The fourth-order valence-corrected chi connectivity index (χ4v) is 3.30. The number of nitrogens with one attached hydrogen (secondary N) is 1. The van der Waals surface area contributed by atoms with E-state index in [-0.39, 0.29) is 24.1 Å². The quantitative estimate of drug-likeness (QED) is 0.873. The molecule has 0 radical (unpaired) electrons. The van der Waals surface area contributed by atoms with Crippen LogP contribution in [0.5, 0.6) is 5.75 Å². The van der Waals surface area contributed by atoms with Crippen LogP contribution in [0, 0.1) is 0 Å². The van der Waals surface area contributed by atoms with Crippen molar-refractivity contribution < 1.29 is 14.6 Å². The number of hydrogen-bond acceptors (Lipinski definition) is 3. The Labute approximate surface area is 131 Å². The highest BCUT2D eigenvalue weighted by molar-refractivity contribution is 5.75. The van der Waals surface area contributed by atoms with E-state index in [1.165, 1.54) is 5.56 Å². The maximum Gasteiger partial charge on any atom is 0.317 e. The number of aliphatic hydroxyl groups excluding tert-OH is 1. The van der Waals surface area contributed by atoms with Crippen molar-refractivity contribution in [3.05, 3.63) is 29.8 Å². The molecular weight excluding hydrogens is 280 g/mol. The second-order valence-electron chi connectivity index (χ2n) is 6.34. The van der Waals surface area contributed by atoms with Gasteiger partial charge in [-0.1, -0.05) is 12.1 Å². The molecule has 2 N–H and O–H groups in total. The highest BCUT2D eigenvalue weighted by Gasteiger charge is 2.44. The van der Waals surface area contributed by atoms with Crippen LogP contribution < -0.4 is 10.1 Å². The molecule has 2 amide bonds. The third-order valence-electron chi connectivity index (χ3n) is 4.98. The SMILES string of the molecule is COc1ccc(C2(CNC(=O)N3CCC[C@H]3CO)CC2)cc1. The van der Waals surface area contributed by atoms with Gasteiger partial charge in [0, 0.05) is 18.5 Å². The Morgan fingerprint density at radius 2 is 2.14 bits per heavy atom. The molecule has 22 heavy (non-hydrogen) atoms. The van der Waals surface area contributed by atoms with Crippen LogP contribution in [-0.4, -0.2) is 48.9 Å². The zero-order chi connectivity index (χ0) is 15.6. The minimum atomic E-state index is -0.0451. The van der Waals surface area contributed by atoms with Crippen molar-refractivity contribution >= 4 is 6.03 Å². The minimum Gasteiger partial charge on any atom is -0.497 e. The minimum absolute atomic E-state index is 0.0175. The van der Waals surface area contributed by atoms with Gasteiger partial charge in [0.05, 0.1) is 19.8 Å². The summed E-state index contributed by atoms with van der Waals surface area (Å²) >= 11 is 0. The van der Waals surface area contributed by atoms with Gasteiger partial charge >= 0.3 is 6.03 Å². The molecule has 1 aliphatic carbocycles.